The highest BCUT2D eigenvalue weighted by Gasteiger charge is 2.30. The monoisotopic (exact) mass is 503 g/mol. The average Bonchev–Trinajstić information content (AvgIpc) is 3.46. The number of aromatic nitrogens is 2. The van der Waals surface area contributed by atoms with Crippen molar-refractivity contribution in [1.82, 2.24) is 10.1 Å². The van der Waals surface area contributed by atoms with E-state index in [-0.39, 0.29) is 5.91 Å². The minimum atomic E-state index is -0.258. The summed E-state index contributed by atoms with van der Waals surface area (Å²) >= 11 is 7.87. The number of nitrogens with zero attached hydrogens (tertiary/aromatic N) is 3. The Bertz CT molecular complexity index is 1500. The summed E-state index contributed by atoms with van der Waals surface area (Å²) in [6.45, 7) is 4.59. The van der Waals surface area contributed by atoms with Crippen molar-refractivity contribution in [3.8, 4) is 17.0 Å². The highest BCUT2D eigenvalue weighted by molar-refractivity contribution is 7.22. The highest BCUT2D eigenvalue weighted by Crippen LogP contribution is 2.36. The summed E-state index contributed by atoms with van der Waals surface area (Å²) in [7, 11) is 0. The van der Waals surface area contributed by atoms with Crippen molar-refractivity contribution in [2.75, 3.05) is 11.5 Å². The summed E-state index contributed by atoms with van der Waals surface area (Å²) in [5, 5.41) is 5.26. The highest BCUT2D eigenvalue weighted by atomic mass is 35.5. The third-order valence-electron chi connectivity index (χ3n) is 5.52. The van der Waals surface area contributed by atoms with E-state index in [1.807, 2.05) is 73.7 Å². The second kappa shape index (κ2) is 9.90. The largest absolute Gasteiger partial charge is 0.494 e. The zero-order chi connectivity index (χ0) is 24.4. The molecule has 5 rings (SSSR count). The first-order chi connectivity index (χ1) is 17.0. The van der Waals surface area contributed by atoms with Gasteiger partial charge in [0, 0.05) is 5.56 Å². The van der Waals surface area contributed by atoms with Crippen LogP contribution in [0.1, 0.15) is 28.6 Å². The number of halogens is 1. The van der Waals surface area contributed by atoms with Crippen molar-refractivity contribution in [2.45, 2.75) is 20.4 Å². The van der Waals surface area contributed by atoms with Crippen LogP contribution in [-0.2, 0) is 6.54 Å². The maximum Gasteiger partial charge on any atom is 0.266 e. The number of aryl methyl sites for hydroxylation is 1. The molecule has 0 N–H and O–H groups in total. The Kier molecular flexibility index (Phi) is 6.53. The molecule has 0 unspecified atom stereocenters. The van der Waals surface area contributed by atoms with Crippen molar-refractivity contribution in [3.63, 3.8) is 0 Å². The summed E-state index contributed by atoms with van der Waals surface area (Å²) in [5.74, 6) is 0.932. The summed E-state index contributed by atoms with van der Waals surface area (Å²) in [5.41, 5.74) is 3.19. The van der Waals surface area contributed by atoms with E-state index in [1.54, 1.807) is 17.9 Å². The van der Waals surface area contributed by atoms with Gasteiger partial charge in [0.25, 0.3) is 5.91 Å². The number of hydrogen-bond donors (Lipinski definition) is 0. The molecular weight excluding hydrogens is 482 g/mol. The van der Waals surface area contributed by atoms with Gasteiger partial charge in [-0.1, -0.05) is 76.6 Å². The van der Waals surface area contributed by atoms with Gasteiger partial charge in [0.05, 0.1) is 28.4 Å². The van der Waals surface area contributed by atoms with Crippen LogP contribution in [0, 0.1) is 6.92 Å². The molecule has 3 aromatic carbocycles. The topological polar surface area (TPSA) is 68.5 Å². The minimum Gasteiger partial charge on any atom is -0.494 e. The molecule has 0 spiro atoms. The Morgan fingerprint density at radius 3 is 2.63 bits per heavy atom. The van der Waals surface area contributed by atoms with E-state index in [2.05, 4.69) is 5.16 Å². The van der Waals surface area contributed by atoms with E-state index in [1.165, 1.54) is 11.3 Å². The van der Waals surface area contributed by atoms with E-state index < -0.39 is 0 Å². The number of carbonyl (C=O) groups is 1. The normalized spacial score (nSPS) is 11.1. The molecule has 35 heavy (non-hydrogen) atoms. The van der Waals surface area contributed by atoms with Crippen molar-refractivity contribution in [3.05, 3.63) is 94.7 Å². The van der Waals surface area contributed by atoms with E-state index in [0.717, 1.165) is 21.5 Å². The molecule has 1 amide bonds. The molecule has 6 nitrogen and oxygen atoms in total. The maximum absolute atomic E-state index is 14.1. The number of hydrogen-bond acceptors (Lipinski definition) is 6. The molecular formula is C27H22ClN3O3S. The van der Waals surface area contributed by atoms with Crippen LogP contribution >= 0.6 is 22.9 Å². The molecule has 0 bridgehead atoms. The van der Waals surface area contributed by atoms with Crippen LogP contribution in [0.15, 0.2) is 77.3 Å². The quantitative estimate of drug-likeness (QED) is 0.236. The lowest BCUT2D eigenvalue weighted by Crippen LogP contribution is -2.31. The van der Waals surface area contributed by atoms with Crippen LogP contribution < -0.4 is 9.64 Å². The minimum absolute atomic E-state index is 0.258. The molecule has 0 radical (unpaired) electrons. The lowest BCUT2D eigenvalue weighted by molar-refractivity contribution is 0.0984. The molecule has 2 heterocycles. The standard InChI is InChI=1S/C27H22ClN3O3S/c1-3-33-19-13-14-22-23(15-19)35-27(29-22)31(16-18-9-5-4-6-10-18)26(32)24-17(2)34-30-25(24)20-11-7-8-12-21(20)28/h4-15H,3,16H2,1-2H3. The zero-order valence-electron chi connectivity index (χ0n) is 19.2. The molecule has 5 aromatic rings. The smallest absolute Gasteiger partial charge is 0.266 e. The van der Waals surface area contributed by atoms with Gasteiger partial charge < -0.3 is 9.26 Å². The second-order valence-corrected chi connectivity index (χ2v) is 9.29. The number of thiazole rings is 1. The molecule has 0 aliphatic carbocycles. The van der Waals surface area contributed by atoms with Gasteiger partial charge >= 0.3 is 0 Å². The van der Waals surface area contributed by atoms with Crippen LogP contribution in [-0.4, -0.2) is 22.7 Å². The average molecular weight is 504 g/mol. The molecule has 0 atom stereocenters. The van der Waals surface area contributed by atoms with Gasteiger partial charge in [0.2, 0.25) is 0 Å². The molecule has 0 aliphatic rings. The van der Waals surface area contributed by atoms with Gasteiger partial charge in [-0.15, -0.1) is 0 Å². The van der Waals surface area contributed by atoms with Gasteiger partial charge in [-0.3, -0.25) is 9.69 Å². The third-order valence-corrected chi connectivity index (χ3v) is 6.90. The predicted molar refractivity (Wildman–Crippen MR) is 139 cm³/mol. The van der Waals surface area contributed by atoms with Gasteiger partial charge in [-0.2, -0.15) is 0 Å². The molecule has 176 valence electrons. The Hall–Kier alpha value is -3.68. The number of anilines is 1. The molecule has 0 fully saturated rings. The maximum atomic E-state index is 14.1. The van der Waals surface area contributed by atoms with Crippen molar-refractivity contribution < 1.29 is 14.1 Å². The fourth-order valence-corrected chi connectivity index (χ4v) is 5.07. The van der Waals surface area contributed by atoms with Crippen LogP contribution in [0.2, 0.25) is 5.02 Å². The summed E-state index contributed by atoms with van der Waals surface area (Å²) in [6.07, 6.45) is 0. The third kappa shape index (κ3) is 4.65. The van der Waals surface area contributed by atoms with Crippen LogP contribution in [0.5, 0.6) is 5.75 Å². The van der Waals surface area contributed by atoms with Gasteiger partial charge in [0.1, 0.15) is 22.8 Å². The number of ether oxygens (including phenoxy) is 1. The number of benzene rings is 3. The Morgan fingerprint density at radius 2 is 1.86 bits per heavy atom. The van der Waals surface area contributed by atoms with E-state index in [0.29, 0.717) is 45.9 Å². The molecule has 0 saturated carbocycles. The Morgan fingerprint density at radius 1 is 1.09 bits per heavy atom. The molecule has 8 heteroatoms. The SMILES string of the molecule is CCOc1ccc2nc(N(Cc3ccccc3)C(=O)c3c(-c4ccccc4Cl)noc3C)sc2c1. The number of amides is 1. The first kappa shape index (κ1) is 23.1. The van der Waals surface area contributed by atoms with Gasteiger partial charge in [-0.25, -0.2) is 4.98 Å². The van der Waals surface area contributed by atoms with Crippen LogP contribution in [0.4, 0.5) is 5.13 Å². The second-order valence-electron chi connectivity index (χ2n) is 7.88. The van der Waals surface area contributed by atoms with Crippen LogP contribution in [0.3, 0.4) is 0 Å². The number of carbonyl (C=O) groups excluding carboxylic acids is 1. The lowest BCUT2D eigenvalue weighted by atomic mass is 10.0. The summed E-state index contributed by atoms with van der Waals surface area (Å²) < 4.78 is 12.1. The first-order valence-electron chi connectivity index (χ1n) is 11.2. The zero-order valence-corrected chi connectivity index (χ0v) is 20.8. The molecule has 2 aromatic heterocycles. The lowest BCUT2D eigenvalue weighted by Gasteiger charge is -2.20. The van der Waals surface area contributed by atoms with Gasteiger partial charge in [-0.05, 0) is 43.7 Å². The van der Waals surface area contributed by atoms with E-state index in [4.69, 9.17) is 25.8 Å². The van der Waals surface area contributed by atoms with E-state index >= 15 is 0 Å². The fraction of sp³-hybridized carbons (Fsp3) is 0.148. The number of fused-ring (bicyclic) bond motifs is 1. The van der Waals surface area contributed by atoms with Crippen molar-refractivity contribution >= 4 is 44.2 Å². The van der Waals surface area contributed by atoms with Crippen molar-refractivity contribution in [2.24, 2.45) is 0 Å². The molecule has 0 saturated heterocycles. The summed E-state index contributed by atoms with van der Waals surface area (Å²) in [6, 6.07) is 22.8. The van der Waals surface area contributed by atoms with Gasteiger partial charge in [0.15, 0.2) is 5.13 Å². The Labute approximate surface area is 211 Å². The summed E-state index contributed by atoms with van der Waals surface area (Å²) in [4.78, 5) is 20.6. The first-order valence-corrected chi connectivity index (χ1v) is 12.3. The number of rotatable bonds is 7. The fourth-order valence-electron chi connectivity index (χ4n) is 3.85. The predicted octanol–water partition coefficient (Wildman–Crippen LogP) is 7.16. The Balaban J connectivity index is 1.61. The van der Waals surface area contributed by atoms with E-state index in [9.17, 15) is 4.79 Å². The van der Waals surface area contributed by atoms with Crippen LogP contribution in [0.25, 0.3) is 21.5 Å². The molecule has 0 aliphatic heterocycles. The van der Waals surface area contributed by atoms with Crippen molar-refractivity contribution in [1.29, 1.82) is 0 Å².